The third-order valence-corrected chi connectivity index (χ3v) is 6.76. The number of anilines is 2. The summed E-state index contributed by atoms with van der Waals surface area (Å²) in [4.78, 5) is 2.43. The largest absolute Gasteiger partial charge is 0.355 e. The highest BCUT2D eigenvalue weighted by atomic mass is 35.5. The van der Waals surface area contributed by atoms with Crippen molar-refractivity contribution in [3.8, 4) is 11.3 Å². The second-order valence-electron chi connectivity index (χ2n) is 7.32. The molecule has 8 heteroatoms. The van der Waals surface area contributed by atoms with Gasteiger partial charge in [0.2, 0.25) is 0 Å². The van der Waals surface area contributed by atoms with Gasteiger partial charge < -0.3 is 4.90 Å². The maximum absolute atomic E-state index is 12.6. The van der Waals surface area contributed by atoms with Gasteiger partial charge in [0.15, 0.2) is 5.82 Å². The Kier molecular flexibility index (Phi) is 6.20. The first-order valence-corrected chi connectivity index (χ1v) is 11.8. The van der Waals surface area contributed by atoms with E-state index in [-0.39, 0.29) is 4.90 Å². The molecule has 4 rings (SSSR count). The van der Waals surface area contributed by atoms with Crippen LogP contribution in [0.5, 0.6) is 0 Å². The summed E-state index contributed by atoms with van der Waals surface area (Å²) in [5.74, 6) is 0.889. The van der Waals surface area contributed by atoms with Crippen molar-refractivity contribution >= 4 is 33.1 Å². The maximum atomic E-state index is 12.6. The lowest BCUT2D eigenvalue weighted by Crippen LogP contribution is -2.25. The number of nitrogens with one attached hydrogen (secondary N) is 1. The van der Waals surface area contributed by atoms with E-state index in [1.54, 1.807) is 30.3 Å². The van der Waals surface area contributed by atoms with Crippen molar-refractivity contribution < 1.29 is 8.42 Å². The Morgan fingerprint density at radius 2 is 1.60 bits per heavy atom. The fourth-order valence-corrected chi connectivity index (χ4v) is 4.69. The summed E-state index contributed by atoms with van der Waals surface area (Å²) in [7, 11) is -3.71. The van der Waals surface area contributed by atoms with E-state index in [0.29, 0.717) is 16.4 Å². The van der Waals surface area contributed by atoms with Crippen molar-refractivity contribution in [3.05, 3.63) is 65.7 Å². The van der Waals surface area contributed by atoms with Crippen LogP contribution in [0.2, 0.25) is 5.02 Å². The van der Waals surface area contributed by atoms with E-state index >= 15 is 0 Å². The number of nitrogens with zero attached hydrogens (tertiary/aromatic N) is 3. The number of benzene rings is 2. The van der Waals surface area contributed by atoms with Crippen LogP contribution in [0.3, 0.4) is 0 Å². The number of aromatic nitrogens is 2. The Labute approximate surface area is 182 Å². The molecule has 0 atom stereocenters. The zero-order chi connectivity index (χ0) is 21.0. The molecule has 0 bridgehead atoms. The minimum absolute atomic E-state index is 0.152. The topological polar surface area (TPSA) is 75.2 Å². The molecule has 156 valence electrons. The van der Waals surface area contributed by atoms with Gasteiger partial charge in [-0.3, -0.25) is 4.72 Å². The molecular weight excluding hydrogens is 420 g/mol. The molecule has 1 aromatic heterocycles. The van der Waals surface area contributed by atoms with Crippen LogP contribution in [0.25, 0.3) is 11.3 Å². The standard InChI is InChI=1S/C22H23ClN4O2S/c23-18-8-10-20(11-9-18)30(28,29)26-19-7-5-6-17(16-19)21-12-13-22(25-24-21)27-14-3-1-2-4-15-27/h5-13,16,26H,1-4,14-15H2. The quantitative estimate of drug-likeness (QED) is 0.603. The van der Waals surface area contributed by atoms with Gasteiger partial charge in [-0.25, -0.2) is 8.42 Å². The molecule has 1 saturated heterocycles. The number of sulfonamides is 1. The van der Waals surface area contributed by atoms with Crippen molar-refractivity contribution in [2.45, 2.75) is 30.6 Å². The Morgan fingerprint density at radius 1 is 0.867 bits per heavy atom. The molecule has 2 aromatic carbocycles. The smallest absolute Gasteiger partial charge is 0.261 e. The van der Waals surface area contributed by atoms with Crippen molar-refractivity contribution in [2.75, 3.05) is 22.7 Å². The molecular formula is C22H23ClN4O2S. The lowest BCUT2D eigenvalue weighted by atomic mass is 10.1. The van der Waals surface area contributed by atoms with Crippen LogP contribution in [0.1, 0.15) is 25.7 Å². The Bertz CT molecular complexity index is 1090. The van der Waals surface area contributed by atoms with Crippen LogP contribution in [0.4, 0.5) is 11.5 Å². The Hall–Kier alpha value is -2.64. The minimum Gasteiger partial charge on any atom is -0.355 e. The van der Waals surface area contributed by atoms with E-state index in [9.17, 15) is 8.42 Å². The second-order valence-corrected chi connectivity index (χ2v) is 9.44. The zero-order valence-electron chi connectivity index (χ0n) is 16.5. The highest BCUT2D eigenvalue weighted by Gasteiger charge is 2.15. The molecule has 1 aliphatic rings. The van der Waals surface area contributed by atoms with E-state index in [0.717, 1.165) is 24.5 Å². The van der Waals surface area contributed by atoms with Gasteiger partial charge in [0, 0.05) is 29.4 Å². The van der Waals surface area contributed by atoms with E-state index < -0.39 is 10.0 Å². The highest BCUT2D eigenvalue weighted by Crippen LogP contribution is 2.25. The first kappa shape index (κ1) is 20.6. The van der Waals surface area contributed by atoms with E-state index in [4.69, 9.17) is 11.6 Å². The van der Waals surface area contributed by atoms with Crippen LogP contribution in [0, 0.1) is 0 Å². The van der Waals surface area contributed by atoms with Gasteiger partial charge in [0.25, 0.3) is 10.0 Å². The molecule has 0 spiro atoms. The summed E-state index contributed by atoms with van der Waals surface area (Å²) >= 11 is 5.85. The highest BCUT2D eigenvalue weighted by molar-refractivity contribution is 7.92. The average Bonchev–Trinajstić information content (AvgIpc) is 3.04. The summed E-state index contributed by atoms with van der Waals surface area (Å²) in [6, 6.07) is 17.1. The van der Waals surface area contributed by atoms with Crippen LogP contribution in [-0.4, -0.2) is 31.7 Å². The van der Waals surface area contributed by atoms with Gasteiger partial charge in [-0.2, -0.15) is 0 Å². The summed E-state index contributed by atoms with van der Waals surface area (Å²) in [5, 5.41) is 9.27. The van der Waals surface area contributed by atoms with Gasteiger partial charge in [-0.1, -0.05) is 36.6 Å². The lowest BCUT2D eigenvalue weighted by molar-refractivity contribution is 0.601. The Balaban J connectivity index is 1.52. The van der Waals surface area contributed by atoms with Crippen LogP contribution in [-0.2, 0) is 10.0 Å². The molecule has 0 saturated carbocycles. The first-order valence-electron chi connectivity index (χ1n) is 9.99. The SMILES string of the molecule is O=S(=O)(Nc1cccc(-c2ccc(N3CCCCCC3)nn2)c1)c1ccc(Cl)cc1. The maximum Gasteiger partial charge on any atom is 0.261 e. The average molecular weight is 443 g/mol. The molecule has 1 fully saturated rings. The number of rotatable bonds is 5. The molecule has 1 N–H and O–H groups in total. The molecule has 0 amide bonds. The molecule has 0 aliphatic carbocycles. The molecule has 3 aromatic rings. The van der Waals surface area contributed by atoms with Crippen LogP contribution in [0.15, 0.2) is 65.6 Å². The third kappa shape index (κ3) is 4.91. The van der Waals surface area contributed by atoms with Crippen molar-refractivity contribution in [3.63, 3.8) is 0 Å². The van der Waals surface area contributed by atoms with Gasteiger partial charge in [-0.15, -0.1) is 10.2 Å². The summed E-state index contributed by atoms with van der Waals surface area (Å²) in [6.07, 6.45) is 4.89. The Morgan fingerprint density at radius 3 is 2.27 bits per heavy atom. The summed E-state index contributed by atoms with van der Waals surface area (Å²) in [6.45, 7) is 2.02. The molecule has 0 radical (unpaired) electrons. The van der Waals surface area contributed by atoms with E-state index in [1.165, 1.54) is 37.8 Å². The molecule has 6 nitrogen and oxygen atoms in total. The van der Waals surface area contributed by atoms with Gasteiger partial charge in [0.1, 0.15) is 0 Å². The van der Waals surface area contributed by atoms with Crippen molar-refractivity contribution in [1.29, 1.82) is 0 Å². The molecule has 2 heterocycles. The van der Waals surface area contributed by atoms with Crippen LogP contribution >= 0.6 is 11.6 Å². The summed E-state index contributed by atoms with van der Waals surface area (Å²) in [5.41, 5.74) is 1.95. The number of hydrogen-bond acceptors (Lipinski definition) is 5. The monoisotopic (exact) mass is 442 g/mol. The van der Waals surface area contributed by atoms with E-state index in [1.807, 2.05) is 18.2 Å². The van der Waals surface area contributed by atoms with Crippen molar-refractivity contribution in [2.24, 2.45) is 0 Å². The number of halogens is 1. The molecule has 30 heavy (non-hydrogen) atoms. The molecule has 1 aliphatic heterocycles. The fraction of sp³-hybridized carbons (Fsp3) is 0.273. The van der Waals surface area contributed by atoms with E-state index in [2.05, 4.69) is 19.8 Å². The van der Waals surface area contributed by atoms with Gasteiger partial charge in [0.05, 0.1) is 10.6 Å². The summed E-state index contributed by atoms with van der Waals surface area (Å²) < 4.78 is 27.8. The normalized spacial score (nSPS) is 14.9. The van der Waals surface area contributed by atoms with Gasteiger partial charge in [-0.05, 0) is 61.4 Å². The lowest BCUT2D eigenvalue weighted by Gasteiger charge is -2.20. The minimum atomic E-state index is -3.71. The zero-order valence-corrected chi connectivity index (χ0v) is 18.0. The first-order chi connectivity index (χ1) is 14.5. The second kappa shape index (κ2) is 9.02. The van der Waals surface area contributed by atoms with Crippen LogP contribution < -0.4 is 9.62 Å². The fourth-order valence-electron chi connectivity index (χ4n) is 3.52. The predicted octanol–water partition coefficient (Wildman–Crippen LogP) is 4.98. The third-order valence-electron chi connectivity index (χ3n) is 5.12. The van der Waals surface area contributed by atoms with Crippen molar-refractivity contribution in [1.82, 2.24) is 10.2 Å². The molecule has 0 unspecified atom stereocenters. The number of hydrogen-bond donors (Lipinski definition) is 1. The van der Waals surface area contributed by atoms with Gasteiger partial charge >= 0.3 is 0 Å². The predicted molar refractivity (Wildman–Crippen MR) is 120 cm³/mol.